The number of rotatable bonds is 5. The van der Waals surface area contributed by atoms with Crippen LogP contribution >= 0.6 is 0 Å². The van der Waals surface area contributed by atoms with E-state index in [9.17, 15) is 9.59 Å². The van der Waals surface area contributed by atoms with Crippen molar-refractivity contribution < 1.29 is 9.59 Å². The fourth-order valence-electron chi connectivity index (χ4n) is 1.51. The van der Waals surface area contributed by atoms with Crippen LogP contribution in [0.4, 0.5) is 0 Å². The number of Topliss-reactive ketones (excluding diaryl/α,β-unsaturated/α-hetero) is 1. The molecule has 0 bridgehead atoms. The van der Waals surface area contributed by atoms with Gasteiger partial charge in [0.2, 0.25) is 5.91 Å². The maximum absolute atomic E-state index is 11.4. The standard InChI is InChI=1S/C13H18N2O2/c1-10(16)8-12(17)15-9-13(2,3)11-4-6-14-7-5-11/h4-7H,8-9H2,1-3H3,(H,15,17). The Morgan fingerprint density at radius 1 is 1.29 bits per heavy atom. The van der Waals surface area contributed by atoms with Gasteiger partial charge in [0, 0.05) is 24.4 Å². The number of carbonyl (C=O) groups excluding carboxylic acids is 2. The van der Waals surface area contributed by atoms with E-state index < -0.39 is 0 Å². The molecule has 4 nitrogen and oxygen atoms in total. The lowest BCUT2D eigenvalue weighted by Crippen LogP contribution is -2.37. The second-order valence-electron chi connectivity index (χ2n) is 4.78. The summed E-state index contributed by atoms with van der Waals surface area (Å²) < 4.78 is 0. The molecule has 0 aliphatic rings. The van der Waals surface area contributed by atoms with Crippen LogP contribution in [0.3, 0.4) is 0 Å². The van der Waals surface area contributed by atoms with E-state index in [-0.39, 0.29) is 23.5 Å². The topological polar surface area (TPSA) is 59.1 Å². The molecule has 0 aliphatic heterocycles. The molecule has 0 spiro atoms. The third kappa shape index (κ3) is 4.34. The molecule has 0 saturated heterocycles. The molecule has 1 heterocycles. The van der Waals surface area contributed by atoms with Gasteiger partial charge in [-0.3, -0.25) is 14.6 Å². The van der Waals surface area contributed by atoms with Crippen LogP contribution in [0.1, 0.15) is 32.8 Å². The first-order chi connectivity index (χ1) is 7.92. The van der Waals surface area contributed by atoms with E-state index >= 15 is 0 Å². The summed E-state index contributed by atoms with van der Waals surface area (Å²) in [6.45, 7) is 5.99. The lowest BCUT2D eigenvalue weighted by Gasteiger charge is -2.25. The molecular formula is C13H18N2O2. The van der Waals surface area contributed by atoms with E-state index in [1.165, 1.54) is 6.92 Å². The third-order valence-corrected chi connectivity index (χ3v) is 2.60. The Hall–Kier alpha value is -1.71. The number of hydrogen-bond acceptors (Lipinski definition) is 3. The van der Waals surface area contributed by atoms with Gasteiger partial charge < -0.3 is 5.32 Å². The molecule has 1 amide bonds. The van der Waals surface area contributed by atoms with Gasteiger partial charge in [0.05, 0.1) is 6.42 Å². The lowest BCUT2D eigenvalue weighted by atomic mass is 9.85. The van der Waals surface area contributed by atoms with Crippen molar-refractivity contribution in [2.75, 3.05) is 6.54 Å². The average molecular weight is 234 g/mol. The van der Waals surface area contributed by atoms with Gasteiger partial charge in [-0.15, -0.1) is 0 Å². The summed E-state index contributed by atoms with van der Waals surface area (Å²) in [7, 11) is 0. The fourth-order valence-corrected chi connectivity index (χ4v) is 1.51. The molecule has 1 aromatic rings. The molecular weight excluding hydrogens is 216 g/mol. The summed E-state index contributed by atoms with van der Waals surface area (Å²) in [5, 5.41) is 2.77. The minimum atomic E-state index is -0.223. The molecule has 17 heavy (non-hydrogen) atoms. The van der Waals surface area contributed by atoms with Gasteiger partial charge in [-0.25, -0.2) is 0 Å². The Kier molecular flexibility index (Phi) is 4.37. The van der Waals surface area contributed by atoms with Crippen molar-refractivity contribution in [3.63, 3.8) is 0 Å². The van der Waals surface area contributed by atoms with Gasteiger partial charge in [-0.2, -0.15) is 0 Å². The zero-order chi connectivity index (χ0) is 12.9. The molecule has 4 heteroatoms. The van der Waals surface area contributed by atoms with Gasteiger partial charge in [0.15, 0.2) is 0 Å². The van der Waals surface area contributed by atoms with Gasteiger partial charge in [-0.1, -0.05) is 13.8 Å². The van der Waals surface area contributed by atoms with E-state index in [0.717, 1.165) is 5.56 Å². The van der Waals surface area contributed by atoms with Crippen molar-refractivity contribution in [3.8, 4) is 0 Å². The summed E-state index contributed by atoms with van der Waals surface area (Å²) in [5.41, 5.74) is 0.936. The van der Waals surface area contributed by atoms with Crippen LogP contribution in [0.2, 0.25) is 0 Å². The quantitative estimate of drug-likeness (QED) is 0.784. The molecule has 1 aromatic heterocycles. The summed E-state index contributed by atoms with van der Waals surface area (Å²) in [6, 6.07) is 3.86. The van der Waals surface area contributed by atoms with Crippen LogP contribution in [0.25, 0.3) is 0 Å². The van der Waals surface area contributed by atoms with Crippen molar-refractivity contribution in [3.05, 3.63) is 30.1 Å². The predicted molar refractivity (Wildman–Crippen MR) is 65.6 cm³/mol. The molecule has 0 radical (unpaired) electrons. The third-order valence-electron chi connectivity index (χ3n) is 2.60. The van der Waals surface area contributed by atoms with Gasteiger partial charge >= 0.3 is 0 Å². The van der Waals surface area contributed by atoms with E-state index in [2.05, 4.69) is 10.3 Å². The molecule has 0 unspecified atom stereocenters. The Morgan fingerprint density at radius 2 is 1.88 bits per heavy atom. The summed E-state index contributed by atoms with van der Waals surface area (Å²) in [6.07, 6.45) is 3.41. The maximum atomic E-state index is 11.4. The molecule has 92 valence electrons. The summed E-state index contributed by atoms with van der Waals surface area (Å²) in [4.78, 5) is 26.1. The molecule has 1 rings (SSSR count). The highest BCUT2D eigenvalue weighted by Gasteiger charge is 2.21. The van der Waals surface area contributed by atoms with E-state index in [4.69, 9.17) is 0 Å². The Bertz CT molecular complexity index is 399. The fraction of sp³-hybridized carbons (Fsp3) is 0.462. The highest BCUT2D eigenvalue weighted by atomic mass is 16.2. The smallest absolute Gasteiger partial charge is 0.227 e. The van der Waals surface area contributed by atoms with E-state index in [0.29, 0.717) is 6.54 Å². The van der Waals surface area contributed by atoms with Crippen LogP contribution in [-0.2, 0) is 15.0 Å². The summed E-state index contributed by atoms with van der Waals surface area (Å²) >= 11 is 0. The first-order valence-electron chi connectivity index (χ1n) is 5.58. The number of nitrogens with one attached hydrogen (secondary N) is 1. The monoisotopic (exact) mass is 234 g/mol. The molecule has 0 saturated carbocycles. The first-order valence-corrected chi connectivity index (χ1v) is 5.58. The summed E-state index contributed by atoms with van der Waals surface area (Å²) in [5.74, 6) is -0.344. The molecule has 1 N–H and O–H groups in total. The molecule has 0 fully saturated rings. The highest BCUT2D eigenvalue weighted by molar-refractivity contribution is 5.96. The predicted octanol–water partition coefficient (Wildman–Crippen LogP) is 1.45. The maximum Gasteiger partial charge on any atom is 0.227 e. The van der Waals surface area contributed by atoms with Crippen molar-refractivity contribution >= 4 is 11.7 Å². The number of hydrogen-bond donors (Lipinski definition) is 1. The SMILES string of the molecule is CC(=O)CC(=O)NCC(C)(C)c1ccncc1. The Morgan fingerprint density at radius 3 is 2.41 bits per heavy atom. The van der Waals surface area contributed by atoms with Gasteiger partial charge in [0.1, 0.15) is 5.78 Å². The zero-order valence-electron chi connectivity index (χ0n) is 10.5. The number of nitrogens with zero attached hydrogens (tertiary/aromatic N) is 1. The lowest BCUT2D eigenvalue weighted by molar-refractivity contribution is -0.127. The van der Waals surface area contributed by atoms with Gasteiger partial charge in [0.25, 0.3) is 0 Å². The molecule has 0 aromatic carbocycles. The largest absolute Gasteiger partial charge is 0.355 e. The van der Waals surface area contributed by atoms with E-state index in [1.54, 1.807) is 12.4 Å². The highest BCUT2D eigenvalue weighted by Crippen LogP contribution is 2.21. The van der Waals surface area contributed by atoms with Crippen LogP contribution in [0, 0.1) is 0 Å². The van der Waals surface area contributed by atoms with Crippen molar-refractivity contribution in [1.82, 2.24) is 10.3 Å². The number of ketones is 1. The Labute approximate surface area is 101 Å². The van der Waals surface area contributed by atoms with Crippen molar-refractivity contribution in [2.24, 2.45) is 0 Å². The average Bonchev–Trinajstić information content (AvgIpc) is 2.27. The zero-order valence-corrected chi connectivity index (χ0v) is 10.5. The normalized spacial score (nSPS) is 11.0. The van der Waals surface area contributed by atoms with Crippen LogP contribution in [0.15, 0.2) is 24.5 Å². The Balaban J connectivity index is 2.56. The minimum absolute atomic E-state index is 0.0492. The minimum Gasteiger partial charge on any atom is -0.355 e. The second kappa shape index (κ2) is 5.57. The van der Waals surface area contributed by atoms with Crippen molar-refractivity contribution in [1.29, 1.82) is 0 Å². The van der Waals surface area contributed by atoms with Crippen LogP contribution < -0.4 is 5.32 Å². The first kappa shape index (κ1) is 13.4. The second-order valence-corrected chi connectivity index (χ2v) is 4.78. The molecule has 0 aliphatic carbocycles. The van der Waals surface area contributed by atoms with Gasteiger partial charge in [-0.05, 0) is 24.6 Å². The number of amides is 1. The number of carbonyl (C=O) groups is 2. The van der Waals surface area contributed by atoms with Crippen LogP contribution in [-0.4, -0.2) is 23.2 Å². The van der Waals surface area contributed by atoms with E-state index in [1.807, 2.05) is 26.0 Å². The molecule has 0 atom stereocenters. The van der Waals surface area contributed by atoms with Crippen molar-refractivity contribution in [2.45, 2.75) is 32.6 Å². The van der Waals surface area contributed by atoms with Crippen LogP contribution in [0.5, 0.6) is 0 Å². The number of pyridine rings is 1. The number of aromatic nitrogens is 1.